The molecule has 1 unspecified atom stereocenters. The van der Waals surface area contributed by atoms with Gasteiger partial charge in [0.25, 0.3) is 0 Å². The first-order valence-electron chi connectivity index (χ1n) is 7.91. The van der Waals surface area contributed by atoms with Gasteiger partial charge < -0.3 is 10.5 Å². The fourth-order valence-electron chi connectivity index (χ4n) is 2.94. The Kier molecular flexibility index (Phi) is 5.14. The molecule has 0 aromatic heterocycles. The number of ether oxygens (including phenoxy) is 1. The zero-order valence-electron chi connectivity index (χ0n) is 14.0. The summed E-state index contributed by atoms with van der Waals surface area (Å²) < 4.78 is 44.3. The number of halogens is 5. The van der Waals surface area contributed by atoms with Crippen LogP contribution in [-0.4, -0.2) is 11.9 Å². The minimum Gasteiger partial charge on any atom is -0.467 e. The first-order chi connectivity index (χ1) is 12.6. The number of aryl methyl sites for hydroxylation is 1. The maximum atomic E-state index is 12.9. The second-order valence-corrected chi connectivity index (χ2v) is 6.93. The SMILES string of the molecule is Cc1ccc(Cl)c(Cl)c1CC1OC(N)=C(c2cccc(C(F)(F)F)c2)C1=O. The molecule has 0 amide bonds. The molecule has 2 N–H and O–H groups in total. The third-order valence-corrected chi connectivity index (χ3v) is 5.20. The van der Waals surface area contributed by atoms with E-state index in [0.717, 1.165) is 17.7 Å². The van der Waals surface area contributed by atoms with Crippen LogP contribution in [0.2, 0.25) is 10.0 Å². The van der Waals surface area contributed by atoms with Gasteiger partial charge in [-0.05, 0) is 41.8 Å². The van der Waals surface area contributed by atoms with Crippen molar-refractivity contribution in [3.63, 3.8) is 0 Å². The van der Waals surface area contributed by atoms with E-state index >= 15 is 0 Å². The van der Waals surface area contributed by atoms with E-state index in [-0.39, 0.29) is 23.4 Å². The van der Waals surface area contributed by atoms with Crippen LogP contribution in [-0.2, 0) is 22.1 Å². The molecule has 3 rings (SSSR count). The van der Waals surface area contributed by atoms with Crippen molar-refractivity contribution >= 4 is 34.6 Å². The molecular formula is C19H14Cl2F3NO2. The van der Waals surface area contributed by atoms with Gasteiger partial charge in [0, 0.05) is 6.42 Å². The first-order valence-corrected chi connectivity index (χ1v) is 8.67. The van der Waals surface area contributed by atoms with Crippen LogP contribution in [0.4, 0.5) is 13.2 Å². The summed E-state index contributed by atoms with van der Waals surface area (Å²) in [7, 11) is 0. The van der Waals surface area contributed by atoms with Crippen molar-refractivity contribution in [1.82, 2.24) is 0 Å². The van der Waals surface area contributed by atoms with Crippen LogP contribution in [0.15, 0.2) is 42.3 Å². The van der Waals surface area contributed by atoms with Crippen molar-refractivity contribution in [3.8, 4) is 0 Å². The second-order valence-electron chi connectivity index (χ2n) is 6.15. The van der Waals surface area contributed by atoms with E-state index in [1.165, 1.54) is 12.1 Å². The van der Waals surface area contributed by atoms with Crippen LogP contribution < -0.4 is 5.73 Å². The Bertz CT molecular complexity index is 954. The van der Waals surface area contributed by atoms with E-state index in [2.05, 4.69) is 0 Å². The van der Waals surface area contributed by atoms with Crippen LogP contribution in [0.1, 0.15) is 22.3 Å². The molecule has 8 heteroatoms. The van der Waals surface area contributed by atoms with Crippen LogP contribution in [0.5, 0.6) is 0 Å². The fraction of sp³-hybridized carbons (Fsp3) is 0.211. The highest BCUT2D eigenvalue weighted by Gasteiger charge is 2.37. The van der Waals surface area contributed by atoms with Crippen LogP contribution in [0, 0.1) is 6.92 Å². The molecule has 1 atom stereocenters. The highest BCUT2D eigenvalue weighted by Crippen LogP contribution is 2.36. The molecule has 142 valence electrons. The molecule has 2 aromatic rings. The lowest BCUT2D eigenvalue weighted by atomic mass is 9.94. The smallest absolute Gasteiger partial charge is 0.416 e. The van der Waals surface area contributed by atoms with Gasteiger partial charge in [-0.25, -0.2) is 0 Å². The highest BCUT2D eigenvalue weighted by molar-refractivity contribution is 6.42. The molecule has 0 aliphatic carbocycles. The molecule has 0 spiro atoms. The zero-order valence-corrected chi connectivity index (χ0v) is 15.5. The number of rotatable bonds is 3. The minimum absolute atomic E-state index is 0.0590. The average molecular weight is 416 g/mol. The summed E-state index contributed by atoms with van der Waals surface area (Å²) in [5.41, 5.74) is 6.37. The number of hydrogen-bond donors (Lipinski definition) is 1. The summed E-state index contributed by atoms with van der Waals surface area (Å²) >= 11 is 12.2. The Balaban J connectivity index is 1.91. The molecular weight excluding hydrogens is 402 g/mol. The predicted octanol–water partition coefficient (Wildman–Crippen LogP) is 5.16. The summed E-state index contributed by atoms with van der Waals surface area (Å²) in [5.74, 6) is -0.706. The number of hydrogen-bond acceptors (Lipinski definition) is 3. The molecule has 2 aromatic carbocycles. The Labute approximate surface area is 163 Å². The number of carbonyl (C=O) groups excluding carboxylic acids is 1. The van der Waals surface area contributed by atoms with Gasteiger partial charge in [0.15, 0.2) is 12.0 Å². The fourth-order valence-corrected chi connectivity index (χ4v) is 3.41. The number of ketones is 1. The summed E-state index contributed by atoms with van der Waals surface area (Å²) in [6.45, 7) is 1.81. The molecule has 1 aliphatic heterocycles. The third kappa shape index (κ3) is 3.77. The lowest BCUT2D eigenvalue weighted by Crippen LogP contribution is -2.22. The Morgan fingerprint density at radius 1 is 1.19 bits per heavy atom. The molecule has 0 fully saturated rings. The first kappa shape index (κ1) is 19.6. The molecule has 0 radical (unpaired) electrons. The normalized spacial score (nSPS) is 17.4. The van der Waals surface area contributed by atoms with Crippen LogP contribution in [0.25, 0.3) is 5.57 Å². The molecule has 0 saturated carbocycles. The molecule has 0 saturated heterocycles. The summed E-state index contributed by atoms with van der Waals surface area (Å²) in [6.07, 6.45) is -5.41. The molecule has 0 bridgehead atoms. The maximum absolute atomic E-state index is 12.9. The number of Topliss-reactive ketones (excluding diaryl/α,β-unsaturated/α-hetero) is 1. The highest BCUT2D eigenvalue weighted by atomic mass is 35.5. The van der Waals surface area contributed by atoms with Gasteiger partial charge in [-0.15, -0.1) is 0 Å². The van der Waals surface area contributed by atoms with E-state index in [9.17, 15) is 18.0 Å². The van der Waals surface area contributed by atoms with Gasteiger partial charge >= 0.3 is 6.18 Å². The lowest BCUT2D eigenvalue weighted by molar-refractivity contribution is -0.137. The van der Waals surface area contributed by atoms with Gasteiger partial charge in [-0.1, -0.05) is 41.4 Å². The van der Waals surface area contributed by atoms with Crippen LogP contribution in [0.3, 0.4) is 0 Å². The molecule has 3 nitrogen and oxygen atoms in total. The van der Waals surface area contributed by atoms with Crippen molar-refractivity contribution in [1.29, 1.82) is 0 Å². The van der Waals surface area contributed by atoms with Crippen molar-refractivity contribution in [2.45, 2.75) is 25.6 Å². The van der Waals surface area contributed by atoms with E-state index in [1.54, 1.807) is 12.1 Å². The Hall–Kier alpha value is -2.18. The molecule has 1 heterocycles. The standard InChI is InChI=1S/C19H14Cl2F3NO2/c1-9-5-6-13(20)16(21)12(9)8-14-17(26)15(18(25)27-14)10-3-2-4-11(7-10)19(22,23)24/h2-7,14H,8,25H2,1H3. The van der Waals surface area contributed by atoms with Gasteiger partial charge in [-0.2, -0.15) is 13.2 Å². The monoisotopic (exact) mass is 415 g/mol. The summed E-state index contributed by atoms with van der Waals surface area (Å²) in [5, 5.41) is 0.640. The van der Waals surface area contributed by atoms with E-state index in [4.69, 9.17) is 33.7 Å². The topological polar surface area (TPSA) is 52.3 Å². The Morgan fingerprint density at radius 2 is 1.89 bits per heavy atom. The van der Waals surface area contributed by atoms with Gasteiger partial charge in [0.05, 0.1) is 21.2 Å². The summed E-state index contributed by atoms with van der Waals surface area (Å²) in [4.78, 5) is 12.8. The van der Waals surface area contributed by atoms with E-state index in [0.29, 0.717) is 15.6 Å². The van der Waals surface area contributed by atoms with Gasteiger partial charge in [0.1, 0.15) is 0 Å². The molecule has 1 aliphatic rings. The van der Waals surface area contributed by atoms with Crippen molar-refractivity contribution < 1.29 is 22.7 Å². The Morgan fingerprint density at radius 3 is 2.56 bits per heavy atom. The number of benzene rings is 2. The minimum atomic E-state index is -4.53. The number of carbonyl (C=O) groups is 1. The van der Waals surface area contributed by atoms with Crippen molar-refractivity contribution in [2.24, 2.45) is 5.73 Å². The summed E-state index contributed by atoms with van der Waals surface area (Å²) in [6, 6.07) is 7.81. The van der Waals surface area contributed by atoms with E-state index < -0.39 is 23.6 Å². The average Bonchev–Trinajstić information content (AvgIpc) is 2.88. The van der Waals surface area contributed by atoms with E-state index in [1.807, 2.05) is 6.92 Å². The van der Waals surface area contributed by atoms with Crippen LogP contribution >= 0.6 is 23.2 Å². The maximum Gasteiger partial charge on any atom is 0.416 e. The van der Waals surface area contributed by atoms with Gasteiger partial charge in [0.2, 0.25) is 5.78 Å². The second kappa shape index (κ2) is 7.09. The predicted molar refractivity (Wildman–Crippen MR) is 97.3 cm³/mol. The quantitative estimate of drug-likeness (QED) is 0.752. The zero-order chi connectivity index (χ0) is 19.9. The lowest BCUT2D eigenvalue weighted by Gasteiger charge is -2.14. The third-order valence-electron chi connectivity index (χ3n) is 4.35. The largest absolute Gasteiger partial charge is 0.467 e. The molecule has 27 heavy (non-hydrogen) atoms. The number of alkyl halides is 3. The number of nitrogens with two attached hydrogens (primary N) is 1. The van der Waals surface area contributed by atoms with Gasteiger partial charge in [-0.3, -0.25) is 4.79 Å². The van der Waals surface area contributed by atoms with Crippen molar-refractivity contribution in [2.75, 3.05) is 0 Å². The van der Waals surface area contributed by atoms with Crippen molar-refractivity contribution in [3.05, 3.63) is 74.6 Å².